The molecule has 0 aliphatic rings. The Kier molecular flexibility index (Phi) is 8.36. The van der Waals surface area contributed by atoms with Crippen molar-refractivity contribution in [3.8, 4) is 0 Å². The van der Waals surface area contributed by atoms with Gasteiger partial charge in [-0.05, 0) is 30.2 Å². The Balaban J connectivity index is 1.71. The van der Waals surface area contributed by atoms with Gasteiger partial charge in [0.05, 0.1) is 25.6 Å². The first-order chi connectivity index (χ1) is 12.9. The highest BCUT2D eigenvalue weighted by molar-refractivity contribution is 8.00. The Bertz CT molecular complexity index is 778. The molecule has 2 amide bonds. The Hall–Kier alpha value is -2.31. The van der Waals surface area contributed by atoms with Crippen molar-refractivity contribution in [3.63, 3.8) is 0 Å². The molecule has 27 heavy (non-hydrogen) atoms. The number of hydrogen-bond donors (Lipinski definition) is 3. The average Bonchev–Trinajstić information content (AvgIpc) is 2.60. The van der Waals surface area contributed by atoms with Crippen LogP contribution in [0.4, 0.5) is 5.69 Å². The molecular weight excluding hydrogens is 358 g/mol. The first kappa shape index (κ1) is 21.0. The van der Waals surface area contributed by atoms with Crippen LogP contribution >= 0.6 is 11.8 Å². The van der Waals surface area contributed by atoms with E-state index in [0.29, 0.717) is 6.54 Å². The number of amides is 2. The van der Waals surface area contributed by atoms with Crippen molar-refractivity contribution < 1.29 is 14.5 Å². The number of nitrogens with one attached hydrogen (secondary N) is 3. The van der Waals surface area contributed by atoms with Crippen LogP contribution in [0.3, 0.4) is 0 Å². The number of rotatable bonds is 9. The van der Waals surface area contributed by atoms with Crippen LogP contribution in [0.15, 0.2) is 48.5 Å². The number of benzene rings is 2. The van der Waals surface area contributed by atoms with Gasteiger partial charge in [0.2, 0.25) is 11.8 Å². The molecule has 0 heterocycles. The van der Waals surface area contributed by atoms with E-state index in [1.807, 2.05) is 49.4 Å². The molecule has 0 spiro atoms. The second kappa shape index (κ2) is 10.7. The maximum Gasteiger partial charge on any atom is 0.234 e. The zero-order valence-electron chi connectivity index (χ0n) is 16.2. The molecule has 0 aromatic heterocycles. The van der Waals surface area contributed by atoms with Gasteiger partial charge in [0.15, 0.2) is 0 Å². The van der Waals surface area contributed by atoms with Crippen LogP contribution in [0.2, 0.25) is 0 Å². The quantitative estimate of drug-likeness (QED) is 0.614. The predicted molar refractivity (Wildman–Crippen MR) is 112 cm³/mol. The number of anilines is 1. The lowest BCUT2D eigenvalue weighted by Crippen LogP contribution is -3.04. The molecule has 6 heteroatoms. The van der Waals surface area contributed by atoms with Crippen molar-refractivity contribution in [1.82, 2.24) is 5.32 Å². The molecule has 2 aromatic carbocycles. The third-order valence-electron chi connectivity index (χ3n) is 3.91. The van der Waals surface area contributed by atoms with E-state index in [2.05, 4.69) is 30.8 Å². The Morgan fingerprint density at radius 3 is 2.37 bits per heavy atom. The van der Waals surface area contributed by atoms with E-state index in [0.717, 1.165) is 23.4 Å². The second-order valence-electron chi connectivity index (χ2n) is 6.84. The summed E-state index contributed by atoms with van der Waals surface area (Å²) < 4.78 is 0. The molecule has 0 saturated carbocycles. The summed E-state index contributed by atoms with van der Waals surface area (Å²) in [5.41, 5.74) is 4.25. The Morgan fingerprint density at radius 1 is 0.963 bits per heavy atom. The third kappa shape index (κ3) is 7.85. The zero-order valence-corrected chi connectivity index (χ0v) is 17.0. The van der Waals surface area contributed by atoms with Crippen molar-refractivity contribution in [3.05, 3.63) is 65.2 Å². The molecule has 0 unspecified atom stereocenters. The SMILES string of the molecule is Cc1cccc(NC(=O)CSCC(=O)NCc2ccccc2C[NH+](C)C)c1. The molecule has 0 fully saturated rings. The first-order valence-corrected chi connectivity index (χ1v) is 10.2. The lowest BCUT2D eigenvalue weighted by molar-refractivity contribution is -0.872. The Labute approximate surface area is 165 Å². The summed E-state index contributed by atoms with van der Waals surface area (Å²) in [5, 5.41) is 5.79. The molecule has 0 aliphatic heterocycles. The van der Waals surface area contributed by atoms with Gasteiger partial charge < -0.3 is 15.5 Å². The summed E-state index contributed by atoms with van der Waals surface area (Å²) >= 11 is 1.31. The van der Waals surface area contributed by atoms with Crippen molar-refractivity contribution in [2.24, 2.45) is 0 Å². The molecular formula is C21H28N3O2S+. The van der Waals surface area contributed by atoms with Gasteiger partial charge in [0.25, 0.3) is 0 Å². The van der Waals surface area contributed by atoms with E-state index in [9.17, 15) is 9.59 Å². The topological polar surface area (TPSA) is 62.6 Å². The van der Waals surface area contributed by atoms with Crippen molar-refractivity contribution in [1.29, 1.82) is 0 Å². The number of carbonyl (C=O) groups excluding carboxylic acids is 2. The molecule has 2 rings (SSSR count). The summed E-state index contributed by atoms with van der Waals surface area (Å²) in [4.78, 5) is 25.4. The van der Waals surface area contributed by atoms with Crippen LogP contribution in [-0.4, -0.2) is 37.4 Å². The van der Waals surface area contributed by atoms with Crippen LogP contribution in [0, 0.1) is 6.92 Å². The smallest absolute Gasteiger partial charge is 0.234 e. The maximum atomic E-state index is 12.1. The van der Waals surface area contributed by atoms with Crippen molar-refractivity contribution >= 4 is 29.3 Å². The predicted octanol–water partition coefficient (Wildman–Crippen LogP) is 1.63. The lowest BCUT2D eigenvalue weighted by Gasteiger charge is -2.13. The maximum absolute atomic E-state index is 12.1. The summed E-state index contributed by atoms with van der Waals surface area (Å²) in [7, 11) is 4.21. The number of thioether (sulfide) groups is 1. The summed E-state index contributed by atoms with van der Waals surface area (Å²) in [6, 6.07) is 15.8. The monoisotopic (exact) mass is 386 g/mol. The minimum atomic E-state index is -0.0993. The zero-order chi connectivity index (χ0) is 19.6. The number of carbonyl (C=O) groups is 2. The summed E-state index contributed by atoms with van der Waals surface area (Å²) in [5.74, 6) is 0.359. The van der Waals surface area contributed by atoms with Gasteiger partial charge in [-0.25, -0.2) is 0 Å². The van der Waals surface area contributed by atoms with Crippen LogP contribution in [0.5, 0.6) is 0 Å². The van der Waals surface area contributed by atoms with Gasteiger partial charge in [0, 0.05) is 17.8 Å². The first-order valence-electron chi connectivity index (χ1n) is 9.01. The molecule has 0 atom stereocenters. The fourth-order valence-corrected chi connectivity index (χ4v) is 3.33. The highest BCUT2D eigenvalue weighted by Gasteiger charge is 2.09. The fourth-order valence-electron chi connectivity index (χ4n) is 2.68. The molecule has 3 N–H and O–H groups in total. The second-order valence-corrected chi connectivity index (χ2v) is 7.83. The molecule has 0 bridgehead atoms. The molecule has 2 aromatic rings. The highest BCUT2D eigenvalue weighted by Crippen LogP contribution is 2.11. The summed E-state index contributed by atoms with van der Waals surface area (Å²) in [6.07, 6.45) is 0. The van der Waals surface area contributed by atoms with Gasteiger partial charge in [-0.1, -0.05) is 36.4 Å². The van der Waals surface area contributed by atoms with E-state index in [4.69, 9.17) is 0 Å². The van der Waals surface area contributed by atoms with E-state index < -0.39 is 0 Å². The normalized spacial score (nSPS) is 10.7. The van der Waals surface area contributed by atoms with Gasteiger partial charge in [-0.2, -0.15) is 0 Å². The number of quaternary nitrogens is 1. The van der Waals surface area contributed by atoms with Crippen LogP contribution < -0.4 is 15.5 Å². The van der Waals surface area contributed by atoms with E-state index in [-0.39, 0.29) is 23.3 Å². The Morgan fingerprint density at radius 2 is 1.67 bits per heavy atom. The van der Waals surface area contributed by atoms with E-state index in [1.165, 1.54) is 22.2 Å². The standard InChI is InChI=1S/C21H27N3O2S/c1-16-7-6-10-19(11-16)23-21(26)15-27-14-20(25)22-12-17-8-4-5-9-18(17)13-24(2)3/h4-11H,12-15H2,1-3H3,(H,22,25)(H,23,26)/p+1. The number of aryl methyl sites for hydroxylation is 1. The third-order valence-corrected chi connectivity index (χ3v) is 4.84. The molecule has 0 aliphatic carbocycles. The van der Waals surface area contributed by atoms with Crippen molar-refractivity contribution in [2.75, 3.05) is 30.9 Å². The minimum absolute atomic E-state index is 0.0599. The minimum Gasteiger partial charge on any atom is -0.351 e. The van der Waals surface area contributed by atoms with Crippen LogP contribution in [0.25, 0.3) is 0 Å². The fraction of sp³-hybridized carbons (Fsp3) is 0.333. The van der Waals surface area contributed by atoms with Crippen LogP contribution in [-0.2, 0) is 22.7 Å². The highest BCUT2D eigenvalue weighted by atomic mass is 32.2. The summed E-state index contributed by atoms with van der Waals surface area (Å²) in [6.45, 7) is 3.41. The average molecular weight is 387 g/mol. The lowest BCUT2D eigenvalue weighted by atomic mass is 10.1. The largest absolute Gasteiger partial charge is 0.351 e. The van der Waals surface area contributed by atoms with Crippen molar-refractivity contribution in [2.45, 2.75) is 20.0 Å². The molecule has 0 saturated heterocycles. The van der Waals surface area contributed by atoms with Gasteiger partial charge in [0.1, 0.15) is 6.54 Å². The van der Waals surface area contributed by atoms with Gasteiger partial charge >= 0.3 is 0 Å². The van der Waals surface area contributed by atoms with E-state index >= 15 is 0 Å². The number of hydrogen-bond acceptors (Lipinski definition) is 3. The van der Waals surface area contributed by atoms with E-state index in [1.54, 1.807) is 0 Å². The van der Waals surface area contributed by atoms with Gasteiger partial charge in [-0.15, -0.1) is 11.8 Å². The molecule has 144 valence electrons. The molecule has 0 radical (unpaired) electrons. The molecule has 5 nitrogen and oxygen atoms in total. The van der Waals surface area contributed by atoms with Gasteiger partial charge in [-0.3, -0.25) is 9.59 Å². The van der Waals surface area contributed by atoms with Crippen LogP contribution in [0.1, 0.15) is 16.7 Å².